The number of hydrogen-bond acceptors (Lipinski definition) is 4. The summed E-state index contributed by atoms with van der Waals surface area (Å²) in [7, 11) is 0. The van der Waals surface area contributed by atoms with E-state index in [4.69, 9.17) is 0 Å². The minimum absolute atomic E-state index is 0.195. The molecule has 0 unspecified atom stereocenters. The first-order valence-electron chi connectivity index (χ1n) is 10.8. The number of nitrogens with zero attached hydrogens (tertiary/aromatic N) is 4. The zero-order chi connectivity index (χ0) is 21.9. The number of amides is 1. The highest BCUT2D eigenvalue weighted by atomic mass is 16.1. The molecule has 5 rings (SSSR count). The molecule has 4 aromatic rings. The molecular weight excluding hydrogens is 398 g/mol. The molecule has 0 saturated heterocycles. The Bertz CT molecular complexity index is 1230. The number of benzene rings is 2. The zero-order valence-electron chi connectivity index (χ0n) is 18.0. The number of hydrogen-bond donors (Lipinski definition) is 1. The van der Waals surface area contributed by atoms with Crippen molar-refractivity contribution in [2.75, 3.05) is 11.4 Å². The van der Waals surface area contributed by atoms with Crippen LogP contribution in [-0.2, 0) is 19.5 Å². The van der Waals surface area contributed by atoms with Gasteiger partial charge in [0.05, 0.1) is 5.69 Å². The molecule has 0 saturated carbocycles. The van der Waals surface area contributed by atoms with Gasteiger partial charge in [0.15, 0.2) is 5.69 Å². The molecule has 0 bridgehead atoms. The Hall–Kier alpha value is -3.93. The lowest BCUT2D eigenvalue weighted by Gasteiger charge is -2.29. The molecule has 0 radical (unpaired) electrons. The predicted molar refractivity (Wildman–Crippen MR) is 125 cm³/mol. The molecule has 0 aliphatic carbocycles. The van der Waals surface area contributed by atoms with E-state index in [-0.39, 0.29) is 5.91 Å². The van der Waals surface area contributed by atoms with E-state index in [9.17, 15) is 4.79 Å². The number of rotatable bonds is 5. The maximum atomic E-state index is 12.6. The van der Waals surface area contributed by atoms with Crippen LogP contribution in [0, 0.1) is 6.92 Å². The number of anilines is 1. The molecule has 1 aliphatic rings. The summed E-state index contributed by atoms with van der Waals surface area (Å²) in [6.07, 6.45) is 2.87. The quantitative estimate of drug-likeness (QED) is 0.526. The lowest BCUT2D eigenvalue weighted by Crippen LogP contribution is -2.31. The fourth-order valence-corrected chi connectivity index (χ4v) is 4.09. The minimum Gasteiger partial charge on any atom is -0.352 e. The summed E-state index contributed by atoms with van der Waals surface area (Å²) in [5.74, 6) is 0.770. The minimum atomic E-state index is -0.195. The average Bonchev–Trinajstić information content (AvgIpc) is 3.25. The normalized spacial score (nSPS) is 13.0. The number of pyridine rings is 1. The molecule has 32 heavy (non-hydrogen) atoms. The molecule has 0 spiro atoms. The lowest BCUT2D eigenvalue weighted by atomic mass is 10.00. The maximum absolute atomic E-state index is 12.6. The first-order chi connectivity index (χ1) is 15.7. The Kier molecular flexibility index (Phi) is 5.42. The largest absolute Gasteiger partial charge is 0.352 e. The van der Waals surface area contributed by atoms with Crippen LogP contribution in [0.4, 0.5) is 5.82 Å². The summed E-state index contributed by atoms with van der Waals surface area (Å²) < 4.78 is 1.78. The third-order valence-corrected chi connectivity index (χ3v) is 5.84. The molecule has 1 amide bonds. The van der Waals surface area contributed by atoms with Crippen LogP contribution in [0.1, 0.15) is 32.9 Å². The third kappa shape index (κ3) is 4.12. The van der Waals surface area contributed by atoms with Crippen molar-refractivity contribution in [2.24, 2.45) is 0 Å². The fraction of sp³-hybridized carbons (Fsp3) is 0.192. The smallest absolute Gasteiger partial charge is 0.272 e. The van der Waals surface area contributed by atoms with Crippen LogP contribution >= 0.6 is 0 Å². The fourth-order valence-electron chi connectivity index (χ4n) is 4.09. The highest BCUT2D eigenvalue weighted by Crippen LogP contribution is 2.23. The molecule has 2 aromatic carbocycles. The molecule has 160 valence electrons. The summed E-state index contributed by atoms with van der Waals surface area (Å²) in [5, 5.41) is 7.42. The topological polar surface area (TPSA) is 63.1 Å². The second-order valence-electron chi connectivity index (χ2n) is 8.07. The Morgan fingerprint density at radius 3 is 2.56 bits per heavy atom. The lowest BCUT2D eigenvalue weighted by molar-refractivity contribution is 0.0945. The summed E-state index contributed by atoms with van der Waals surface area (Å²) in [6.45, 7) is 4.19. The molecule has 6 heteroatoms. The Morgan fingerprint density at radius 2 is 1.78 bits per heavy atom. The van der Waals surface area contributed by atoms with Gasteiger partial charge in [0.2, 0.25) is 0 Å². The Balaban J connectivity index is 1.21. The van der Waals surface area contributed by atoms with Crippen molar-refractivity contribution in [3.05, 3.63) is 107 Å². The van der Waals surface area contributed by atoms with E-state index in [1.54, 1.807) is 10.7 Å². The second-order valence-corrected chi connectivity index (χ2v) is 8.07. The summed E-state index contributed by atoms with van der Waals surface area (Å²) in [6, 6.07) is 24.2. The summed E-state index contributed by atoms with van der Waals surface area (Å²) >= 11 is 0. The summed E-state index contributed by atoms with van der Waals surface area (Å²) in [5.41, 5.74) is 6.00. The number of carbonyl (C=O) groups excluding carboxylic acids is 1. The monoisotopic (exact) mass is 423 g/mol. The van der Waals surface area contributed by atoms with Gasteiger partial charge in [-0.05, 0) is 54.3 Å². The molecule has 2 aromatic heterocycles. The van der Waals surface area contributed by atoms with Gasteiger partial charge in [0.1, 0.15) is 5.82 Å². The molecule has 1 aliphatic heterocycles. The van der Waals surface area contributed by atoms with Gasteiger partial charge in [0.25, 0.3) is 5.91 Å². The van der Waals surface area contributed by atoms with Gasteiger partial charge in [-0.2, -0.15) is 5.10 Å². The van der Waals surface area contributed by atoms with Gasteiger partial charge in [-0.15, -0.1) is 0 Å². The molecule has 1 N–H and O–H groups in total. The predicted octanol–water partition coefficient (Wildman–Crippen LogP) is 4.07. The summed E-state index contributed by atoms with van der Waals surface area (Å²) in [4.78, 5) is 19.6. The SMILES string of the molecule is Cc1cc(C(=O)NCc2ccc(N3CCc4ccccc4C3)nc2)nn1-c1ccccc1. The number of carbonyl (C=O) groups is 1. The van der Waals surface area contributed by atoms with E-state index in [0.29, 0.717) is 12.2 Å². The van der Waals surface area contributed by atoms with Crippen LogP contribution in [0.15, 0.2) is 79.0 Å². The van der Waals surface area contributed by atoms with E-state index >= 15 is 0 Å². The van der Waals surface area contributed by atoms with Crippen molar-refractivity contribution < 1.29 is 4.79 Å². The number of fused-ring (bicyclic) bond motifs is 1. The zero-order valence-corrected chi connectivity index (χ0v) is 18.0. The van der Waals surface area contributed by atoms with Crippen molar-refractivity contribution in [1.29, 1.82) is 0 Å². The number of aryl methyl sites for hydroxylation is 1. The van der Waals surface area contributed by atoms with Gasteiger partial charge < -0.3 is 10.2 Å². The van der Waals surface area contributed by atoms with Crippen molar-refractivity contribution in [3.8, 4) is 5.69 Å². The van der Waals surface area contributed by atoms with Crippen LogP contribution in [0.3, 0.4) is 0 Å². The van der Waals surface area contributed by atoms with Gasteiger partial charge in [-0.25, -0.2) is 9.67 Å². The highest BCUT2D eigenvalue weighted by molar-refractivity contribution is 5.92. The van der Waals surface area contributed by atoms with Gasteiger partial charge in [0, 0.05) is 31.5 Å². The van der Waals surface area contributed by atoms with Crippen molar-refractivity contribution in [3.63, 3.8) is 0 Å². The van der Waals surface area contributed by atoms with Crippen LogP contribution in [0.5, 0.6) is 0 Å². The molecule has 0 atom stereocenters. The van der Waals surface area contributed by atoms with Crippen molar-refractivity contribution in [2.45, 2.75) is 26.4 Å². The van der Waals surface area contributed by atoms with E-state index in [1.165, 1.54) is 11.1 Å². The van der Waals surface area contributed by atoms with E-state index in [1.807, 2.05) is 55.6 Å². The first kappa shape index (κ1) is 20.0. The van der Waals surface area contributed by atoms with E-state index in [0.717, 1.165) is 42.3 Å². The first-order valence-corrected chi connectivity index (χ1v) is 10.8. The number of aromatic nitrogens is 3. The molecular formula is C26H25N5O. The second kappa shape index (κ2) is 8.67. The highest BCUT2D eigenvalue weighted by Gasteiger charge is 2.17. The third-order valence-electron chi connectivity index (χ3n) is 5.84. The van der Waals surface area contributed by atoms with Crippen molar-refractivity contribution >= 4 is 11.7 Å². The van der Waals surface area contributed by atoms with Crippen LogP contribution < -0.4 is 10.2 Å². The number of nitrogens with one attached hydrogen (secondary N) is 1. The number of para-hydroxylation sites is 1. The van der Waals surface area contributed by atoms with Crippen LogP contribution in [0.2, 0.25) is 0 Å². The Labute approximate surface area is 187 Å². The van der Waals surface area contributed by atoms with Gasteiger partial charge in [-0.3, -0.25) is 4.79 Å². The van der Waals surface area contributed by atoms with Crippen LogP contribution in [-0.4, -0.2) is 27.2 Å². The van der Waals surface area contributed by atoms with Crippen LogP contribution in [0.25, 0.3) is 5.69 Å². The standard InChI is InChI=1S/C26H25N5O/c1-19-15-24(29-31(19)23-9-3-2-4-10-23)26(32)28-17-20-11-12-25(27-16-20)30-14-13-21-7-5-6-8-22(21)18-30/h2-12,15-16H,13-14,17-18H2,1H3,(H,28,32). The van der Waals surface area contributed by atoms with Crippen molar-refractivity contribution in [1.82, 2.24) is 20.1 Å². The average molecular weight is 424 g/mol. The molecule has 3 heterocycles. The van der Waals surface area contributed by atoms with E-state index in [2.05, 4.69) is 44.6 Å². The van der Waals surface area contributed by atoms with Gasteiger partial charge >= 0.3 is 0 Å². The molecule has 0 fully saturated rings. The Morgan fingerprint density at radius 1 is 1.00 bits per heavy atom. The maximum Gasteiger partial charge on any atom is 0.272 e. The molecule has 6 nitrogen and oxygen atoms in total. The van der Waals surface area contributed by atoms with E-state index < -0.39 is 0 Å². The van der Waals surface area contributed by atoms with Gasteiger partial charge in [-0.1, -0.05) is 48.5 Å².